The zero-order chi connectivity index (χ0) is 27.8. The van der Waals surface area contributed by atoms with E-state index in [9.17, 15) is 5.11 Å². The molecule has 0 aliphatic rings. The second kappa shape index (κ2) is 18.2. The summed E-state index contributed by atoms with van der Waals surface area (Å²) in [6.45, 7) is 15.0. The first kappa shape index (κ1) is 33.9. The van der Waals surface area contributed by atoms with Gasteiger partial charge in [0.05, 0.1) is 47.6 Å². The molecule has 0 atom stereocenters. The fourth-order valence-electron chi connectivity index (χ4n) is 4.12. The second-order valence-electron chi connectivity index (χ2n) is 9.54. The van der Waals surface area contributed by atoms with E-state index in [1.165, 1.54) is 113 Å². The zero-order valence-electron chi connectivity index (χ0n) is 22.8. The summed E-state index contributed by atoms with van der Waals surface area (Å²) in [5.74, 6) is -0.363. The summed E-state index contributed by atoms with van der Waals surface area (Å²) in [6.07, 6.45) is 12.4. The number of halogens is 4. The van der Waals surface area contributed by atoms with Crippen LogP contribution in [0.1, 0.15) is 84.6 Å². The first-order chi connectivity index (χ1) is 17.6. The highest BCUT2D eigenvalue weighted by molar-refractivity contribution is 6.42. The SMILES string of the molecule is CCCC[N+](CCCC)(CCCC)CCCC.Nc1cc(Cl)c(Cl)cc1N=Cc1cc(Cl)cc(Cl)c1[O-]. The number of unbranched alkanes of at least 4 members (excludes halogenated alkanes) is 4. The van der Waals surface area contributed by atoms with Gasteiger partial charge in [0.2, 0.25) is 0 Å². The number of aliphatic imine (C=N–C) groups is 1. The third-order valence-electron chi connectivity index (χ3n) is 6.39. The van der Waals surface area contributed by atoms with Gasteiger partial charge in [0.15, 0.2) is 0 Å². The Kier molecular flexibility index (Phi) is 16.6. The van der Waals surface area contributed by atoms with Crippen LogP contribution in [0.5, 0.6) is 5.75 Å². The minimum absolute atomic E-state index is 0.0288. The number of quaternary nitrogens is 1. The molecule has 0 heterocycles. The van der Waals surface area contributed by atoms with Crippen molar-refractivity contribution in [3.8, 4) is 5.75 Å². The lowest BCUT2D eigenvalue weighted by atomic mass is 10.1. The maximum absolute atomic E-state index is 11.8. The Labute approximate surface area is 244 Å². The fraction of sp³-hybridized carbons (Fsp3) is 0.552. The molecule has 0 spiro atoms. The Morgan fingerprint density at radius 2 is 1.19 bits per heavy atom. The van der Waals surface area contributed by atoms with Crippen LogP contribution in [0, 0.1) is 0 Å². The molecule has 0 radical (unpaired) electrons. The van der Waals surface area contributed by atoms with E-state index in [2.05, 4.69) is 32.7 Å². The molecule has 0 aromatic heterocycles. The number of rotatable bonds is 14. The highest BCUT2D eigenvalue weighted by Crippen LogP contribution is 2.33. The maximum atomic E-state index is 11.8. The molecule has 0 unspecified atom stereocenters. The minimum atomic E-state index is -0.363. The third-order valence-corrected chi connectivity index (χ3v) is 7.61. The molecule has 0 saturated carbocycles. The monoisotopic (exact) mass is 589 g/mol. The van der Waals surface area contributed by atoms with Crippen LogP contribution in [-0.2, 0) is 0 Å². The van der Waals surface area contributed by atoms with Crippen molar-refractivity contribution in [1.29, 1.82) is 0 Å². The van der Waals surface area contributed by atoms with Crippen LogP contribution in [0.25, 0.3) is 0 Å². The number of benzene rings is 2. The van der Waals surface area contributed by atoms with Crippen molar-refractivity contribution in [1.82, 2.24) is 0 Å². The highest BCUT2D eigenvalue weighted by Gasteiger charge is 2.24. The average molecular weight is 591 g/mol. The molecule has 0 aliphatic heterocycles. The smallest absolute Gasteiger partial charge is 0.0875 e. The summed E-state index contributed by atoms with van der Waals surface area (Å²) in [7, 11) is 0. The molecule has 2 rings (SSSR count). The van der Waals surface area contributed by atoms with E-state index in [1.807, 2.05) is 0 Å². The standard InChI is InChI=1S/C16H36N.C13H8Cl4N2O/c1-5-9-13-17(14-10-6-2,15-11-7-3)16-12-8-4;14-7-1-6(13(20)10(17)2-7)5-19-12-4-9(16)8(15)3-11(12)18/h5-16H2,1-4H3;1-5,20H,18H2/q+1;/p-1. The fourth-order valence-corrected chi connectivity index (χ4v) is 4.96. The van der Waals surface area contributed by atoms with Gasteiger partial charge in [-0.2, -0.15) is 0 Å². The summed E-state index contributed by atoms with van der Waals surface area (Å²) in [4.78, 5) is 4.11. The van der Waals surface area contributed by atoms with Crippen molar-refractivity contribution in [3.05, 3.63) is 49.9 Å². The zero-order valence-corrected chi connectivity index (χ0v) is 25.8. The number of hydrogen-bond acceptors (Lipinski definition) is 3. The van der Waals surface area contributed by atoms with E-state index in [-0.39, 0.29) is 16.3 Å². The van der Waals surface area contributed by atoms with Crippen LogP contribution in [-0.4, -0.2) is 36.9 Å². The van der Waals surface area contributed by atoms with Gasteiger partial charge in [-0.25, -0.2) is 0 Å². The van der Waals surface area contributed by atoms with Crippen molar-refractivity contribution in [2.45, 2.75) is 79.1 Å². The normalized spacial score (nSPS) is 11.6. The molecule has 0 bridgehead atoms. The lowest BCUT2D eigenvalue weighted by Gasteiger charge is -2.39. The Balaban J connectivity index is 0.000000377. The Morgan fingerprint density at radius 3 is 1.65 bits per heavy atom. The lowest BCUT2D eigenvalue weighted by molar-refractivity contribution is -0.929. The van der Waals surface area contributed by atoms with Gasteiger partial charge in [-0.1, -0.05) is 106 Å². The van der Waals surface area contributed by atoms with Crippen molar-refractivity contribution >= 4 is 64.0 Å². The molecule has 0 amide bonds. The molecule has 37 heavy (non-hydrogen) atoms. The van der Waals surface area contributed by atoms with Crippen LogP contribution >= 0.6 is 46.4 Å². The number of nitrogens with two attached hydrogens (primary N) is 1. The van der Waals surface area contributed by atoms with E-state index < -0.39 is 0 Å². The van der Waals surface area contributed by atoms with E-state index in [0.717, 1.165) is 0 Å². The van der Waals surface area contributed by atoms with Crippen LogP contribution in [0.15, 0.2) is 29.3 Å². The Hall–Kier alpha value is -1.17. The van der Waals surface area contributed by atoms with Gasteiger partial charge in [0.1, 0.15) is 0 Å². The first-order valence-electron chi connectivity index (χ1n) is 13.4. The molecular weight excluding hydrogens is 548 g/mol. The van der Waals surface area contributed by atoms with Crippen LogP contribution in [0.2, 0.25) is 20.1 Å². The number of hydrogen-bond donors (Lipinski definition) is 1. The van der Waals surface area contributed by atoms with E-state index in [1.54, 1.807) is 0 Å². The van der Waals surface area contributed by atoms with E-state index in [0.29, 0.717) is 26.4 Å². The predicted octanol–water partition coefficient (Wildman–Crippen LogP) is 9.71. The molecule has 4 nitrogen and oxygen atoms in total. The van der Waals surface area contributed by atoms with Crippen molar-refractivity contribution < 1.29 is 9.59 Å². The number of nitrogens with zero attached hydrogens (tertiary/aromatic N) is 2. The topological polar surface area (TPSA) is 61.4 Å². The molecule has 0 aliphatic carbocycles. The Bertz CT molecular complexity index is 945. The second-order valence-corrected chi connectivity index (χ2v) is 11.2. The molecule has 2 aromatic carbocycles. The summed E-state index contributed by atoms with van der Waals surface area (Å²) in [6, 6.07) is 5.83. The van der Waals surface area contributed by atoms with Gasteiger partial charge in [-0.15, -0.1) is 0 Å². The van der Waals surface area contributed by atoms with Crippen LogP contribution < -0.4 is 10.8 Å². The Morgan fingerprint density at radius 1 is 0.730 bits per heavy atom. The molecule has 0 saturated heterocycles. The van der Waals surface area contributed by atoms with Gasteiger partial charge in [-0.3, -0.25) is 4.99 Å². The van der Waals surface area contributed by atoms with Gasteiger partial charge in [0, 0.05) is 16.3 Å². The molecular formula is C29H43Cl4N3O. The van der Waals surface area contributed by atoms with Crippen molar-refractivity contribution in [3.63, 3.8) is 0 Å². The van der Waals surface area contributed by atoms with E-state index >= 15 is 0 Å². The summed E-state index contributed by atoms with van der Waals surface area (Å²) in [5.41, 5.74) is 6.76. The summed E-state index contributed by atoms with van der Waals surface area (Å²) in [5, 5.41) is 12.8. The number of nitrogen functional groups attached to an aromatic ring is 1. The molecule has 8 heteroatoms. The van der Waals surface area contributed by atoms with Crippen molar-refractivity contribution in [2.75, 3.05) is 31.9 Å². The first-order valence-corrected chi connectivity index (χ1v) is 14.9. The maximum Gasteiger partial charge on any atom is 0.0875 e. The number of anilines is 1. The van der Waals surface area contributed by atoms with Crippen LogP contribution in [0.4, 0.5) is 11.4 Å². The molecule has 208 valence electrons. The minimum Gasteiger partial charge on any atom is -0.871 e. The molecule has 2 aromatic rings. The molecule has 2 N–H and O–H groups in total. The third kappa shape index (κ3) is 12.0. The average Bonchev–Trinajstić information content (AvgIpc) is 2.87. The largest absolute Gasteiger partial charge is 0.871 e. The van der Waals surface area contributed by atoms with E-state index in [4.69, 9.17) is 52.1 Å². The highest BCUT2D eigenvalue weighted by atomic mass is 35.5. The summed E-state index contributed by atoms with van der Waals surface area (Å²) < 4.78 is 1.42. The quantitative estimate of drug-likeness (QED) is 0.135. The van der Waals surface area contributed by atoms with Gasteiger partial charge in [0.25, 0.3) is 0 Å². The molecule has 0 fully saturated rings. The van der Waals surface area contributed by atoms with Gasteiger partial charge in [-0.05, 0) is 55.5 Å². The van der Waals surface area contributed by atoms with Gasteiger partial charge < -0.3 is 15.3 Å². The van der Waals surface area contributed by atoms with Gasteiger partial charge >= 0.3 is 0 Å². The summed E-state index contributed by atoms with van der Waals surface area (Å²) >= 11 is 23.3. The lowest BCUT2D eigenvalue weighted by Crippen LogP contribution is -2.50. The van der Waals surface area contributed by atoms with Crippen LogP contribution in [0.3, 0.4) is 0 Å². The van der Waals surface area contributed by atoms with Crippen molar-refractivity contribution in [2.24, 2.45) is 4.99 Å². The predicted molar refractivity (Wildman–Crippen MR) is 163 cm³/mol.